The molecule has 0 spiro atoms. The summed E-state index contributed by atoms with van der Waals surface area (Å²) in [5, 5.41) is 0.471. The number of hydrogen-bond donors (Lipinski definition) is 0. The Kier molecular flexibility index (Phi) is 5.54. The lowest BCUT2D eigenvalue weighted by Gasteiger charge is -2.29. The zero-order valence-electron chi connectivity index (χ0n) is 16.5. The van der Waals surface area contributed by atoms with Crippen LogP contribution in [0.1, 0.15) is 22.3 Å². The van der Waals surface area contributed by atoms with Crippen molar-refractivity contribution in [1.82, 2.24) is 0 Å². The van der Waals surface area contributed by atoms with Crippen molar-refractivity contribution < 1.29 is 13.2 Å². The molecule has 0 radical (unpaired) electrons. The lowest BCUT2D eigenvalue weighted by molar-refractivity contribution is 0.0985. The average molecular weight is 441 g/mol. The summed E-state index contributed by atoms with van der Waals surface area (Å²) in [5.41, 5.74) is 3.11. The van der Waals surface area contributed by atoms with E-state index in [1.54, 1.807) is 41.3 Å². The summed E-state index contributed by atoms with van der Waals surface area (Å²) < 4.78 is 26.9. The summed E-state index contributed by atoms with van der Waals surface area (Å²) in [6.07, 6.45) is 1.88. The third-order valence-electron chi connectivity index (χ3n) is 5.31. The minimum Gasteiger partial charge on any atom is -0.308 e. The van der Waals surface area contributed by atoms with Gasteiger partial charge >= 0.3 is 0 Å². The largest absolute Gasteiger partial charge is 0.308 e. The number of amides is 1. The van der Waals surface area contributed by atoms with Gasteiger partial charge in [0.25, 0.3) is 15.9 Å². The number of sulfonamides is 1. The third-order valence-corrected chi connectivity index (χ3v) is 7.36. The fraction of sp³-hybridized carbons (Fsp3) is 0.174. The lowest BCUT2D eigenvalue weighted by atomic mass is 10.0. The van der Waals surface area contributed by atoms with Crippen molar-refractivity contribution in [2.45, 2.75) is 17.7 Å². The molecular formula is C23H21ClN2O3S. The smallest absolute Gasteiger partial charge is 0.264 e. The number of fused-ring (bicyclic) bond motifs is 1. The molecule has 4 rings (SSSR count). The number of nitrogens with zero attached hydrogens (tertiary/aromatic N) is 2. The van der Waals surface area contributed by atoms with E-state index < -0.39 is 10.0 Å². The fourth-order valence-electron chi connectivity index (χ4n) is 3.62. The molecule has 0 atom stereocenters. The number of hydrogen-bond acceptors (Lipinski definition) is 3. The summed E-state index contributed by atoms with van der Waals surface area (Å²) in [7, 11) is -2.24. The maximum absolute atomic E-state index is 13.1. The molecule has 0 aromatic heterocycles. The summed E-state index contributed by atoms with van der Waals surface area (Å²) in [4.78, 5) is 15.0. The number of carbonyl (C=O) groups is 1. The molecule has 1 aliphatic rings. The molecule has 3 aromatic carbocycles. The van der Waals surface area contributed by atoms with Gasteiger partial charge in [0.2, 0.25) is 0 Å². The van der Waals surface area contributed by atoms with Crippen LogP contribution >= 0.6 is 11.6 Å². The molecule has 7 heteroatoms. The monoisotopic (exact) mass is 440 g/mol. The molecule has 0 saturated heterocycles. The number of anilines is 2. The van der Waals surface area contributed by atoms with E-state index in [-0.39, 0.29) is 10.8 Å². The molecule has 154 valence electrons. The molecule has 1 amide bonds. The molecule has 30 heavy (non-hydrogen) atoms. The first-order valence-corrected chi connectivity index (χ1v) is 11.4. The van der Waals surface area contributed by atoms with Gasteiger partial charge in [-0.15, -0.1) is 0 Å². The van der Waals surface area contributed by atoms with Crippen LogP contribution in [0, 0.1) is 0 Å². The Morgan fingerprint density at radius 2 is 1.63 bits per heavy atom. The Morgan fingerprint density at radius 3 is 2.33 bits per heavy atom. The summed E-state index contributed by atoms with van der Waals surface area (Å²) in [6, 6.07) is 20.6. The first kappa shape index (κ1) is 20.4. The average Bonchev–Trinajstić information content (AvgIpc) is 2.78. The number of halogens is 1. The molecule has 1 aliphatic heterocycles. The summed E-state index contributed by atoms with van der Waals surface area (Å²) >= 11 is 5.86. The van der Waals surface area contributed by atoms with Crippen LogP contribution in [0.3, 0.4) is 0 Å². The van der Waals surface area contributed by atoms with E-state index >= 15 is 0 Å². The number of aryl methyl sites for hydroxylation is 1. The van der Waals surface area contributed by atoms with Gasteiger partial charge < -0.3 is 4.90 Å². The van der Waals surface area contributed by atoms with Gasteiger partial charge in [-0.3, -0.25) is 9.10 Å². The maximum Gasteiger partial charge on any atom is 0.264 e. The summed E-state index contributed by atoms with van der Waals surface area (Å²) in [5.74, 6) is -0.0862. The van der Waals surface area contributed by atoms with E-state index in [4.69, 9.17) is 11.6 Å². The topological polar surface area (TPSA) is 57.7 Å². The van der Waals surface area contributed by atoms with Crippen LogP contribution in [0.15, 0.2) is 77.7 Å². The minimum atomic E-state index is -3.72. The van der Waals surface area contributed by atoms with Crippen LogP contribution in [-0.2, 0) is 16.4 Å². The van der Waals surface area contributed by atoms with Crippen molar-refractivity contribution >= 4 is 38.9 Å². The van der Waals surface area contributed by atoms with Crippen molar-refractivity contribution in [2.24, 2.45) is 0 Å². The lowest BCUT2D eigenvalue weighted by Crippen LogP contribution is -2.35. The Hall–Kier alpha value is -2.83. The van der Waals surface area contributed by atoms with Crippen molar-refractivity contribution in [3.8, 4) is 0 Å². The van der Waals surface area contributed by atoms with Crippen LogP contribution in [0.5, 0.6) is 0 Å². The van der Waals surface area contributed by atoms with Gasteiger partial charge in [0.05, 0.1) is 10.6 Å². The van der Waals surface area contributed by atoms with Crippen LogP contribution < -0.4 is 9.21 Å². The van der Waals surface area contributed by atoms with E-state index in [9.17, 15) is 13.2 Å². The van der Waals surface area contributed by atoms with Crippen LogP contribution in [0.2, 0.25) is 5.02 Å². The Balaban J connectivity index is 1.57. The van der Waals surface area contributed by atoms with Gasteiger partial charge in [-0.05, 0) is 73.0 Å². The molecule has 1 heterocycles. The first-order chi connectivity index (χ1) is 14.4. The first-order valence-electron chi connectivity index (χ1n) is 9.62. The van der Waals surface area contributed by atoms with Gasteiger partial charge in [0.15, 0.2) is 0 Å². The van der Waals surface area contributed by atoms with Crippen molar-refractivity contribution in [1.29, 1.82) is 0 Å². The molecule has 0 N–H and O–H groups in total. The quantitative estimate of drug-likeness (QED) is 0.587. The molecule has 0 aliphatic carbocycles. The highest BCUT2D eigenvalue weighted by molar-refractivity contribution is 7.92. The highest BCUT2D eigenvalue weighted by Crippen LogP contribution is 2.29. The van der Waals surface area contributed by atoms with E-state index in [1.807, 2.05) is 18.2 Å². The zero-order chi connectivity index (χ0) is 21.3. The molecule has 0 saturated carbocycles. The molecule has 0 unspecified atom stereocenters. The highest BCUT2D eigenvalue weighted by atomic mass is 35.5. The van der Waals surface area contributed by atoms with Gasteiger partial charge in [-0.2, -0.15) is 0 Å². The number of rotatable bonds is 4. The summed E-state index contributed by atoms with van der Waals surface area (Å²) in [6.45, 7) is 0.669. The van der Waals surface area contributed by atoms with Crippen molar-refractivity contribution in [3.05, 3.63) is 88.9 Å². The predicted octanol–water partition coefficient (Wildman–Crippen LogP) is 4.76. The van der Waals surface area contributed by atoms with Crippen LogP contribution in [-0.4, -0.2) is 27.9 Å². The van der Waals surface area contributed by atoms with Crippen molar-refractivity contribution in [3.63, 3.8) is 0 Å². The SMILES string of the molecule is CN(c1ccc(C(=O)N2CCCc3ccccc32)cc1)S(=O)(=O)c1ccc(Cl)cc1. The molecule has 0 fully saturated rings. The number of carbonyl (C=O) groups excluding carboxylic acids is 1. The van der Waals surface area contributed by atoms with Crippen LogP contribution in [0.25, 0.3) is 0 Å². The maximum atomic E-state index is 13.1. The van der Waals surface area contributed by atoms with E-state index in [1.165, 1.54) is 29.0 Å². The standard InChI is InChI=1S/C23H21ClN2O3S/c1-25(30(28,29)21-14-10-19(24)11-15-21)20-12-8-18(9-13-20)23(27)26-16-4-6-17-5-2-3-7-22(17)26/h2-3,5,7-15H,4,6,16H2,1H3. The Bertz CT molecular complexity index is 1180. The number of para-hydroxylation sites is 1. The van der Waals surface area contributed by atoms with E-state index in [0.717, 1.165) is 18.5 Å². The molecule has 0 bridgehead atoms. The third kappa shape index (κ3) is 3.80. The molecular weight excluding hydrogens is 420 g/mol. The van der Waals surface area contributed by atoms with E-state index in [2.05, 4.69) is 6.07 Å². The second-order valence-electron chi connectivity index (χ2n) is 7.16. The zero-order valence-corrected chi connectivity index (χ0v) is 18.0. The molecule has 3 aromatic rings. The second kappa shape index (κ2) is 8.13. The Morgan fingerprint density at radius 1 is 0.967 bits per heavy atom. The van der Waals surface area contributed by atoms with Gasteiger partial charge in [-0.1, -0.05) is 29.8 Å². The highest BCUT2D eigenvalue weighted by Gasteiger charge is 2.24. The minimum absolute atomic E-state index is 0.0862. The predicted molar refractivity (Wildman–Crippen MR) is 120 cm³/mol. The Labute approximate surface area is 181 Å². The normalized spacial score (nSPS) is 13.6. The second-order valence-corrected chi connectivity index (χ2v) is 9.57. The van der Waals surface area contributed by atoms with Gasteiger partial charge in [0.1, 0.15) is 0 Å². The molecule has 5 nitrogen and oxygen atoms in total. The van der Waals surface area contributed by atoms with Gasteiger partial charge in [0, 0.05) is 29.9 Å². The van der Waals surface area contributed by atoms with Crippen LogP contribution in [0.4, 0.5) is 11.4 Å². The van der Waals surface area contributed by atoms with Crippen molar-refractivity contribution in [2.75, 3.05) is 22.8 Å². The fourth-order valence-corrected chi connectivity index (χ4v) is 4.94. The van der Waals surface area contributed by atoms with Gasteiger partial charge in [-0.25, -0.2) is 8.42 Å². The van der Waals surface area contributed by atoms with E-state index in [0.29, 0.717) is 22.8 Å². The number of benzene rings is 3.